The molecule has 1 saturated carbocycles. The normalized spacial score (nSPS) is 23.2. The minimum absolute atomic E-state index is 0.322. The highest BCUT2D eigenvalue weighted by atomic mass is 35.5. The van der Waals surface area contributed by atoms with Gasteiger partial charge in [-0.05, 0) is 43.0 Å². The first-order chi connectivity index (χ1) is 8.97. The Kier molecular flexibility index (Phi) is 2.99. The van der Waals surface area contributed by atoms with Crippen LogP contribution in [0.25, 0.3) is 6.08 Å². The Balaban J connectivity index is 1.85. The minimum atomic E-state index is -0.637. The summed E-state index contributed by atoms with van der Waals surface area (Å²) in [5, 5.41) is 13.5. The van der Waals surface area contributed by atoms with Gasteiger partial charge < -0.3 is 15.2 Å². The molecule has 0 aromatic heterocycles. The molecule has 1 aromatic carbocycles. The molecule has 0 radical (unpaired) electrons. The molecule has 0 bridgehead atoms. The molecule has 1 unspecified atom stereocenters. The van der Waals surface area contributed by atoms with Crippen LogP contribution in [0.4, 0.5) is 5.69 Å². The van der Waals surface area contributed by atoms with Crippen LogP contribution in [0.3, 0.4) is 0 Å². The minimum Gasteiger partial charge on any atom is -0.491 e. The molecule has 3 nitrogen and oxygen atoms in total. The number of anilines is 1. The van der Waals surface area contributed by atoms with Gasteiger partial charge in [-0.1, -0.05) is 18.5 Å². The van der Waals surface area contributed by atoms with Crippen LogP contribution in [0, 0.1) is 5.41 Å². The van der Waals surface area contributed by atoms with Crippen LogP contribution in [-0.2, 0) is 0 Å². The highest BCUT2D eigenvalue weighted by Gasteiger charge is 2.38. The lowest BCUT2D eigenvalue weighted by Gasteiger charge is -2.23. The average molecular weight is 280 g/mol. The Morgan fingerprint density at radius 3 is 2.89 bits per heavy atom. The molecule has 1 atom stereocenters. The van der Waals surface area contributed by atoms with Gasteiger partial charge in [0, 0.05) is 17.2 Å². The number of hydrogen-bond acceptors (Lipinski definition) is 3. The third kappa shape index (κ3) is 2.58. The van der Waals surface area contributed by atoms with Gasteiger partial charge >= 0.3 is 0 Å². The van der Waals surface area contributed by atoms with E-state index in [1.807, 2.05) is 25.1 Å². The number of nitrogens with one attached hydrogen (secondary N) is 1. The van der Waals surface area contributed by atoms with E-state index in [-0.39, 0.29) is 0 Å². The van der Waals surface area contributed by atoms with E-state index in [4.69, 9.17) is 16.3 Å². The van der Waals surface area contributed by atoms with Crippen LogP contribution in [0.5, 0.6) is 5.75 Å². The predicted octanol–water partition coefficient (Wildman–Crippen LogP) is 3.67. The third-order valence-electron chi connectivity index (χ3n) is 3.89. The summed E-state index contributed by atoms with van der Waals surface area (Å²) in [5.74, 6) is 0.682. The number of aliphatic hydroxyl groups excluding tert-OH is 1. The standard InChI is InChI=1S/C15H18ClNO2/c1-9-5-10-6-11(16)13(7-12(10)17-14(9)18)19-8-15(2)3-4-15/h5-7,14,17-18H,3-4,8H2,1-2H3. The van der Waals surface area contributed by atoms with Gasteiger partial charge in [0.1, 0.15) is 12.0 Å². The second kappa shape index (κ2) is 4.43. The number of benzene rings is 1. The molecule has 1 aliphatic heterocycles. The maximum absolute atomic E-state index is 9.80. The summed E-state index contributed by atoms with van der Waals surface area (Å²) in [5.41, 5.74) is 3.04. The molecule has 2 N–H and O–H groups in total. The lowest BCUT2D eigenvalue weighted by atomic mass is 10.0. The van der Waals surface area contributed by atoms with Crippen LogP contribution in [-0.4, -0.2) is 17.9 Å². The van der Waals surface area contributed by atoms with E-state index in [0.717, 1.165) is 16.8 Å². The molecule has 1 aromatic rings. The van der Waals surface area contributed by atoms with Gasteiger partial charge in [0.15, 0.2) is 0 Å². The van der Waals surface area contributed by atoms with Gasteiger partial charge in [0.05, 0.1) is 11.6 Å². The maximum atomic E-state index is 9.80. The number of fused-ring (bicyclic) bond motifs is 1. The lowest BCUT2D eigenvalue weighted by molar-refractivity contribution is 0.239. The summed E-state index contributed by atoms with van der Waals surface area (Å²) in [6, 6.07) is 3.75. The summed E-state index contributed by atoms with van der Waals surface area (Å²) in [7, 11) is 0. The number of aliphatic hydroxyl groups is 1. The van der Waals surface area contributed by atoms with E-state index in [2.05, 4.69) is 12.2 Å². The van der Waals surface area contributed by atoms with E-state index < -0.39 is 6.23 Å². The second-order valence-corrected chi connectivity index (χ2v) is 6.31. The van der Waals surface area contributed by atoms with Crippen molar-refractivity contribution in [2.75, 3.05) is 11.9 Å². The quantitative estimate of drug-likeness (QED) is 0.887. The first-order valence-corrected chi connectivity index (χ1v) is 6.94. The van der Waals surface area contributed by atoms with Crippen molar-refractivity contribution in [3.63, 3.8) is 0 Å². The van der Waals surface area contributed by atoms with Crippen molar-refractivity contribution in [3.05, 3.63) is 28.3 Å². The topological polar surface area (TPSA) is 41.5 Å². The SMILES string of the molecule is CC1=Cc2cc(Cl)c(OCC3(C)CC3)cc2NC1O. The smallest absolute Gasteiger partial charge is 0.146 e. The average Bonchev–Trinajstić information content (AvgIpc) is 3.08. The molecule has 0 saturated heterocycles. The zero-order valence-electron chi connectivity index (χ0n) is 11.2. The van der Waals surface area contributed by atoms with E-state index in [1.54, 1.807) is 0 Å². The molecule has 2 aliphatic rings. The fourth-order valence-electron chi connectivity index (χ4n) is 2.12. The van der Waals surface area contributed by atoms with Crippen molar-refractivity contribution in [2.24, 2.45) is 5.41 Å². The van der Waals surface area contributed by atoms with Gasteiger partial charge in [-0.15, -0.1) is 0 Å². The second-order valence-electron chi connectivity index (χ2n) is 5.90. The van der Waals surface area contributed by atoms with Crippen LogP contribution in [0.2, 0.25) is 5.02 Å². The lowest BCUT2D eigenvalue weighted by Crippen LogP contribution is -2.23. The van der Waals surface area contributed by atoms with Crippen molar-refractivity contribution < 1.29 is 9.84 Å². The molecule has 0 amide bonds. The molecule has 3 rings (SSSR count). The Morgan fingerprint density at radius 2 is 2.21 bits per heavy atom. The van der Waals surface area contributed by atoms with Crippen LogP contribution < -0.4 is 10.1 Å². The first-order valence-electron chi connectivity index (χ1n) is 6.56. The number of rotatable bonds is 3. The van der Waals surface area contributed by atoms with Gasteiger partial charge in [-0.2, -0.15) is 0 Å². The van der Waals surface area contributed by atoms with Crippen molar-refractivity contribution in [1.29, 1.82) is 0 Å². The van der Waals surface area contributed by atoms with E-state index in [0.29, 0.717) is 22.8 Å². The number of halogens is 1. The largest absolute Gasteiger partial charge is 0.491 e. The summed E-state index contributed by atoms with van der Waals surface area (Å²) in [4.78, 5) is 0. The van der Waals surface area contributed by atoms with Crippen molar-refractivity contribution >= 4 is 23.4 Å². The molecule has 1 fully saturated rings. The zero-order valence-corrected chi connectivity index (χ0v) is 11.9. The summed E-state index contributed by atoms with van der Waals surface area (Å²) in [6.45, 7) is 4.79. The van der Waals surface area contributed by atoms with Gasteiger partial charge in [-0.25, -0.2) is 0 Å². The fourth-order valence-corrected chi connectivity index (χ4v) is 2.35. The van der Waals surface area contributed by atoms with Crippen molar-refractivity contribution in [2.45, 2.75) is 32.9 Å². The van der Waals surface area contributed by atoms with Crippen LogP contribution in [0.15, 0.2) is 17.7 Å². The van der Waals surface area contributed by atoms with Crippen LogP contribution in [0.1, 0.15) is 32.3 Å². The molecule has 4 heteroatoms. The van der Waals surface area contributed by atoms with Crippen molar-refractivity contribution in [1.82, 2.24) is 0 Å². The first kappa shape index (κ1) is 12.8. The Morgan fingerprint density at radius 1 is 1.47 bits per heavy atom. The van der Waals surface area contributed by atoms with Crippen LogP contribution >= 0.6 is 11.6 Å². The maximum Gasteiger partial charge on any atom is 0.146 e. The monoisotopic (exact) mass is 279 g/mol. The zero-order chi connectivity index (χ0) is 13.6. The Bertz CT molecular complexity index is 549. The summed E-state index contributed by atoms with van der Waals surface area (Å²) in [6.07, 6.45) is 3.74. The highest BCUT2D eigenvalue weighted by molar-refractivity contribution is 6.32. The molecular weight excluding hydrogens is 262 g/mol. The molecule has 0 spiro atoms. The van der Waals surface area contributed by atoms with Gasteiger partial charge in [0.25, 0.3) is 0 Å². The third-order valence-corrected chi connectivity index (χ3v) is 4.19. The Hall–Kier alpha value is -1.19. The molecule has 1 heterocycles. The van der Waals surface area contributed by atoms with E-state index in [9.17, 15) is 5.11 Å². The highest BCUT2D eigenvalue weighted by Crippen LogP contribution is 2.46. The van der Waals surface area contributed by atoms with E-state index in [1.165, 1.54) is 12.8 Å². The van der Waals surface area contributed by atoms with E-state index >= 15 is 0 Å². The molecule has 102 valence electrons. The summed E-state index contributed by atoms with van der Waals surface area (Å²) >= 11 is 6.25. The van der Waals surface area contributed by atoms with Gasteiger partial charge in [-0.3, -0.25) is 0 Å². The molecule has 19 heavy (non-hydrogen) atoms. The van der Waals surface area contributed by atoms with Gasteiger partial charge in [0.2, 0.25) is 0 Å². The molecular formula is C15H18ClNO2. The summed E-state index contributed by atoms with van der Waals surface area (Å²) < 4.78 is 5.82. The fraction of sp³-hybridized carbons (Fsp3) is 0.467. The van der Waals surface area contributed by atoms with Crippen molar-refractivity contribution in [3.8, 4) is 5.75 Å². The number of ether oxygens (including phenoxy) is 1. The number of hydrogen-bond donors (Lipinski definition) is 2. The Labute approximate surface area is 118 Å². The molecule has 1 aliphatic carbocycles. The predicted molar refractivity (Wildman–Crippen MR) is 77.6 cm³/mol.